The van der Waals surface area contributed by atoms with Crippen LogP contribution < -0.4 is 10.1 Å². The van der Waals surface area contributed by atoms with E-state index in [4.69, 9.17) is 9.47 Å². The number of carbonyl (C=O) groups is 1. The molecule has 1 aromatic heterocycles. The lowest BCUT2D eigenvalue weighted by Gasteiger charge is -2.13. The van der Waals surface area contributed by atoms with Gasteiger partial charge in [0.1, 0.15) is 11.6 Å². The maximum absolute atomic E-state index is 12.5. The molecule has 0 spiro atoms. The van der Waals surface area contributed by atoms with Crippen molar-refractivity contribution in [1.29, 1.82) is 0 Å². The Bertz CT molecular complexity index is 1020. The minimum absolute atomic E-state index is 0.0993. The van der Waals surface area contributed by atoms with Gasteiger partial charge in [-0.1, -0.05) is 6.07 Å². The van der Waals surface area contributed by atoms with Gasteiger partial charge in [0.05, 0.1) is 29.9 Å². The molecule has 1 saturated heterocycles. The van der Waals surface area contributed by atoms with Crippen molar-refractivity contribution in [3.63, 3.8) is 0 Å². The van der Waals surface area contributed by atoms with E-state index in [2.05, 4.69) is 20.9 Å². The van der Waals surface area contributed by atoms with Crippen molar-refractivity contribution in [2.75, 3.05) is 20.3 Å². The largest absolute Gasteiger partial charge is 0.495 e. The summed E-state index contributed by atoms with van der Waals surface area (Å²) in [5.74, 6) is 1.53. The first-order valence-corrected chi connectivity index (χ1v) is 9.61. The summed E-state index contributed by atoms with van der Waals surface area (Å²) in [4.78, 5) is 17.2. The van der Waals surface area contributed by atoms with Gasteiger partial charge in [0.25, 0.3) is 5.91 Å². The molecular formula is C22H25N3O3. The second-order valence-corrected chi connectivity index (χ2v) is 7.22. The highest BCUT2D eigenvalue weighted by Gasteiger charge is 2.18. The Morgan fingerprint density at radius 3 is 2.89 bits per heavy atom. The van der Waals surface area contributed by atoms with Gasteiger partial charge in [-0.15, -0.1) is 0 Å². The minimum Gasteiger partial charge on any atom is -0.495 e. The number of hydrogen-bond acceptors (Lipinski definition) is 4. The molecule has 1 aliphatic rings. The van der Waals surface area contributed by atoms with E-state index in [1.165, 1.54) is 0 Å². The molecule has 0 radical (unpaired) electrons. The van der Waals surface area contributed by atoms with E-state index < -0.39 is 0 Å². The van der Waals surface area contributed by atoms with Crippen LogP contribution in [0.25, 0.3) is 16.7 Å². The number of nitrogens with one attached hydrogen (secondary N) is 1. The number of rotatable bonds is 5. The molecule has 0 bridgehead atoms. The van der Waals surface area contributed by atoms with Gasteiger partial charge in [0.2, 0.25) is 0 Å². The predicted octanol–water partition coefficient (Wildman–Crippen LogP) is 3.56. The molecule has 1 amide bonds. The first kappa shape index (κ1) is 18.5. The molecule has 1 N–H and O–H groups in total. The average molecular weight is 379 g/mol. The molecule has 6 heteroatoms. The zero-order chi connectivity index (χ0) is 19.7. The Kier molecular flexibility index (Phi) is 5.05. The van der Waals surface area contributed by atoms with E-state index in [0.717, 1.165) is 53.3 Å². The molecule has 146 valence electrons. The van der Waals surface area contributed by atoms with Gasteiger partial charge in [-0.25, -0.2) is 4.98 Å². The average Bonchev–Trinajstić information content (AvgIpc) is 3.32. The summed E-state index contributed by atoms with van der Waals surface area (Å²) < 4.78 is 13.2. The van der Waals surface area contributed by atoms with Crippen molar-refractivity contribution in [2.24, 2.45) is 0 Å². The van der Waals surface area contributed by atoms with E-state index in [1.807, 2.05) is 44.2 Å². The van der Waals surface area contributed by atoms with Crippen LogP contribution in [0.15, 0.2) is 36.4 Å². The Morgan fingerprint density at radius 1 is 1.29 bits per heavy atom. The summed E-state index contributed by atoms with van der Waals surface area (Å²) in [6.45, 7) is 5.34. The fraction of sp³-hybridized carbons (Fsp3) is 0.364. The molecule has 0 aliphatic carbocycles. The predicted molar refractivity (Wildman–Crippen MR) is 108 cm³/mol. The van der Waals surface area contributed by atoms with Crippen LogP contribution >= 0.6 is 0 Å². The molecule has 1 aliphatic heterocycles. The van der Waals surface area contributed by atoms with Gasteiger partial charge in [-0.2, -0.15) is 0 Å². The second kappa shape index (κ2) is 7.64. The number of nitrogens with zero attached hydrogens (tertiary/aromatic N) is 2. The third-order valence-corrected chi connectivity index (χ3v) is 5.17. The van der Waals surface area contributed by atoms with Crippen molar-refractivity contribution in [3.8, 4) is 11.4 Å². The molecular weight excluding hydrogens is 354 g/mol. The maximum atomic E-state index is 12.5. The first-order valence-electron chi connectivity index (χ1n) is 9.61. The van der Waals surface area contributed by atoms with E-state index in [9.17, 15) is 4.79 Å². The highest BCUT2D eigenvalue weighted by atomic mass is 16.5. The van der Waals surface area contributed by atoms with Crippen molar-refractivity contribution in [2.45, 2.75) is 32.8 Å². The van der Waals surface area contributed by atoms with Crippen LogP contribution in [0.4, 0.5) is 0 Å². The van der Waals surface area contributed by atoms with Gasteiger partial charge in [0.15, 0.2) is 0 Å². The molecule has 2 aromatic carbocycles. The standard InChI is InChI=1S/C22H25N3O3/c1-14-6-9-21(27-3)20(11-14)25-15(2)24-18-12-16(7-8-19(18)25)22(26)23-13-17-5-4-10-28-17/h6-9,11-12,17H,4-5,10,13H2,1-3H3,(H,23,26). The van der Waals surface area contributed by atoms with Gasteiger partial charge < -0.3 is 14.8 Å². The summed E-state index contributed by atoms with van der Waals surface area (Å²) in [7, 11) is 1.67. The Labute approximate surface area is 164 Å². The zero-order valence-electron chi connectivity index (χ0n) is 16.5. The van der Waals surface area contributed by atoms with E-state index in [-0.39, 0.29) is 12.0 Å². The van der Waals surface area contributed by atoms with Gasteiger partial charge in [-0.05, 0) is 62.6 Å². The van der Waals surface area contributed by atoms with Crippen LogP contribution in [0.2, 0.25) is 0 Å². The highest BCUT2D eigenvalue weighted by molar-refractivity contribution is 5.97. The van der Waals surface area contributed by atoms with Gasteiger partial charge >= 0.3 is 0 Å². The number of fused-ring (bicyclic) bond motifs is 1. The Balaban J connectivity index is 1.65. The van der Waals surface area contributed by atoms with Crippen LogP contribution in [0.1, 0.15) is 34.6 Å². The van der Waals surface area contributed by atoms with E-state index in [1.54, 1.807) is 7.11 Å². The minimum atomic E-state index is -0.0993. The molecule has 1 fully saturated rings. The number of methoxy groups -OCH3 is 1. The fourth-order valence-electron chi connectivity index (χ4n) is 3.73. The lowest BCUT2D eigenvalue weighted by molar-refractivity contribution is 0.0858. The number of aromatic nitrogens is 2. The number of ether oxygens (including phenoxy) is 2. The van der Waals surface area contributed by atoms with Crippen molar-refractivity contribution < 1.29 is 14.3 Å². The van der Waals surface area contributed by atoms with Crippen LogP contribution in [0.3, 0.4) is 0 Å². The van der Waals surface area contributed by atoms with Crippen molar-refractivity contribution >= 4 is 16.9 Å². The number of aryl methyl sites for hydroxylation is 2. The van der Waals surface area contributed by atoms with Crippen LogP contribution in [0, 0.1) is 13.8 Å². The van der Waals surface area contributed by atoms with Crippen LogP contribution in [-0.4, -0.2) is 41.8 Å². The number of imidazole rings is 1. The molecule has 28 heavy (non-hydrogen) atoms. The molecule has 3 aromatic rings. The molecule has 2 heterocycles. The summed E-state index contributed by atoms with van der Waals surface area (Å²) in [5.41, 5.74) is 4.41. The fourth-order valence-corrected chi connectivity index (χ4v) is 3.73. The second-order valence-electron chi connectivity index (χ2n) is 7.22. The van der Waals surface area contributed by atoms with Crippen LogP contribution in [0.5, 0.6) is 5.75 Å². The van der Waals surface area contributed by atoms with Gasteiger partial charge in [-0.3, -0.25) is 9.36 Å². The van der Waals surface area contributed by atoms with Crippen molar-refractivity contribution in [3.05, 3.63) is 53.3 Å². The quantitative estimate of drug-likeness (QED) is 0.736. The zero-order valence-corrected chi connectivity index (χ0v) is 16.5. The molecule has 1 atom stereocenters. The normalized spacial score (nSPS) is 16.5. The topological polar surface area (TPSA) is 65.4 Å². The summed E-state index contributed by atoms with van der Waals surface area (Å²) in [5, 5.41) is 2.97. The Hall–Kier alpha value is -2.86. The number of amides is 1. The Morgan fingerprint density at radius 2 is 2.14 bits per heavy atom. The third kappa shape index (κ3) is 3.47. The summed E-state index contributed by atoms with van der Waals surface area (Å²) >= 11 is 0. The highest BCUT2D eigenvalue weighted by Crippen LogP contribution is 2.29. The molecule has 4 rings (SSSR count). The monoisotopic (exact) mass is 379 g/mol. The van der Waals surface area contributed by atoms with E-state index in [0.29, 0.717) is 12.1 Å². The number of hydrogen-bond donors (Lipinski definition) is 1. The number of carbonyl (C=O) groups excluding carboxylic acids is 1. The number of benzene rings is 2. The summed E-state index contributed by atoms with van der Waals surface area (Å²) in [6.07, 6.45) is 2.19. The molecule has 0 saturated carbocycles. The third-order valence-electron chi connectivity index (χ3n) is 5.17. The first-order chi connectivity index (χ1) is 13.6. The SMILES string of the molecule is COc1ccc(C)cc1-n1c(C)nc2cc(C(=O)NCC3CCCO3)ccc21. The van der Waals surface area contributed by atoms with Gasteiger partial charge in [0, 0.05) is 18.7 Å². The smallest absolute Gasteiger partial charge is 0.251 e. The van der Waals surface area contributed by atoms with E-state index >= 15 is 0 Å². The maximum Gasteiger partial charge on any atom is 0.251 e. The lowest BCUT2D eigenvalue weighted by atomic mass is 10.1. The molecule has 1 unspecified atom stereocenters. The summed E-state index contributed by atoms with van der Waals surface area (Å²) in [6, 6.07) is 11.7. The molecule has 6 nitrogen and oxygen atoms in total. The lowest BCUT2D eigenvalue weighted by Crippen LogP contribution is -2.31. The van der Waals surface area contributed by atoms with Crippen molar-refractivity contribution in [1.82, 2.24) is 14.9 Å². The van der Waals surface area contributed by atoms with Crippen LogP contribution in [-0.2, 0) is 4.74 Å².